The number of carboxylic acid groups (broad SMARTS) is 1. The second kappa shape index (κ2) is 14.9. The first-order chi connectivity index (χ1) is 19.4. The Morgan fingerprint density at radius 1 is 1.17 bits per heavy atom. The van der Waals surface area contributed by atoms with Crippen molar-refractivity contribution in [3.05, 3.63) is 59.9 Å². The van der Waals surface area contributed by atoms with E-state index in [4.69, 9.17) is 31.8 Å². The normalized spacial score (nSPS) is 11.8. The number of nitrogen functional groups attached to an aromatic ring is 1. The Balaban J connectivity index is 0.00000462. The number of aryl methyl sites for hydroxylation is 1. The van der Waals surface area contributed by atoms with Gasteiger partial charge >= 0.3 is 5.97 Å². The maximum atomic E-state index is 12.8. The Morgan fingerprint density at radius 3 is 2.66 bits per heavy atom. The number of carbonyl (C=O) groups excluding carboxylic acids is 1. The number of carbonyl (C=O) groups is 2. The lowest BCUT2D eigenvalue weighted by Crippen LogP contribution is -2.33. The standard InChI is InChI=1S/C29H34ClN5O5.ClH/c1-3-23(29(37)38)40-20-9-6-8-19(16-20)18-34(25(36)17-30)13-7-14-35-24(12-15-39-2)33-26-27(35)21-10-4-5-11-22(21)32-28(26)31;/h4-6,8-11,16,23H,3,7,12-15,17-18H2,1-2H3,(H2,31,32)(H,37,38);1H. The number of pyridine rings is 1. The summed E-state index contributed by atoms with van der Waals surface area (Å²) < 4.78 is 13.1. The Bertz CT molecular complexity index is 1500. The molecule has 0 bridgehead atoms. The molecule has 0 saturated carbocycles. The molecule has 1 atom stereocenters. The molecule has 2 aromatic heterocycles. The molecular weight excluding hydrogens is 569 g/mol. The molecule has 1 unspecified atom stereocenters. The first-order valence-electron chi connectivity index (χ1n) is 13.2. The van der Waals surface area contributed by atoms with Gasteiger partial charge in [-0.1, -0.05) is 37.3 Å². The highest BCUT2D eigenvalue weighted by atomic mass is 35.5. The molecule has 2 heterocycles. The van der Waals surface area contributed by atoms with Gasteiger partial charge < -0.3 is 29.8 Å². The summed E-state index contributed by atoms with van der Waals surface area (Å²) in [7, 11) is 1.65. The van der Waals surface area contributed by atoms with Crippen LogP contribution in [0.25, 0.3) is 21.9 Å². The third kappa shape index (κ3) is 7.58. The molecule has 0 aliphatic rings. The number of amides is 1. The lowest BCUT2D eigenvalue weighted by molar-refractivity contribution is -0.145. The second-order valence-electron chi connectivity index (χ2n) is 9.44. The number of fused-ring (bicyclic) bond motifs is 3. The van der Waals surface area contributed by atoms with Crippen molar-refractivity contribution >= 4 is 63.6 Å². The van der Waals surface area contributed by atoms with E-state index < -0.39 is 12.1 Å². The quantitative estimate of drug-likeness (QED) is 0.198. The molecular formula is C29H35Cl2N5O5. The number of hydrogen-bond acceptors (Lipinski definition) is 7. The van der Waals surface area contributed by atoms with Gasteiger partial charge in [-0.3, -0.25) is 4.79 Å². The minimum atomic E-state index is -1.02. The van der Waals surface area contributed by atoms with E-state index in [-0.39, 0.29) is 24.2 Å². The maximum absolute atomic E-state index is 12.8. The van der Waals surface area contributed by atoms with Crippen LogP contribution in [0.15, 0.2) is 48.5 Å². The van der Waals surface area contributed by atoms with Crippen molar-refractivity contribution in [2.24, 2.45) is 0 Å². The van der Waals surface area contributed by atoms with Crippen LogP contribution < -0.4 is 10.5 Å². The summed E-state index contributed by atoms with van der Waals surface area (Å²) in [6, 6.07) is 14.9. The van der Waals surface area contributed by atoms with Crippen LogP contribution in [-0.2, 0) is 33.8 Å². The number of anilines is 1. The number of nitrogens with zero attached hydrogens (tertiary/aromatic N) is 4. The number of carboxylic acids is 1. The molecule has 0 aliphatic carbocycles. The zero-order valence-corrected chi connectivity index (χ0v) is 24.7. The number of nitrogens with two attached hydrogens (primary N) is 1. The minimum absolute atomic E-state index is 0. The number of rotatable bonds is 14. The number of benzene rings is 2. The molecule has 2 aromatic carbocycles. The third-order valence-electron chi connectivity index (χ3n) is 6.69. The summed E-state index contributed by atoms with van der Waals surface area (Å²) in [5.41, 5.74) is 9.47. The highest BCUT2D eigenvalue weighted by Crippen LogP contribution is 2.29. The Kier molecular flexibility index (Phi) is 11.6. The first kappa shape index (κ1) is 31.9. The smallest absolute Gasteiger partial charge is 0.344 e. The number of imidazole rings is 1. The van der Waals surface area contributed by atoms with Gasteiger partial charge in [0.2, 0.25) is 5.91 Å². The van der Waals surface area contributed by atoms with Gasteiger partial charge in [0.25, 0.3) is 0 Å². The highest BCUT2D eigenvalue weighted by Gasteiger charge is 2.20. The highest BCUT2D eigenvalue weighted by molar-refractivity contribution is 6.27. The van der Waals surface area contributed by atoms with Gasteiger partial charge in [0.1, 0.15) is 23.0 Å². The fraction of sp³-hybridized carbons (Fsp3) is 0.379. The summed E-state index contributed by atoms with van der Waals surface area (Å²) >= 11 is 5.96. The van der Waals surface area contributed by atoms with E-state index in [1.54, 1.807) is 37.1 Å². The summed E-state index contributed by atoms with van der Waals surface area (Å²) in [5.74, 6) is 0.294. The van der Waals surface area contributed by atoms with Crippen molar-refractivity contribution in [2.75, 3.05) is 31.9 Å². The van der Waals surface area contributed by atoms with E-state index in [9.17, 15) is 14.7 Å². The van der Waals surface area contributed by atoms with Gasteiger partial charge in [-0.05, 0) is 36.6 Å². The van der Waals surface area contributed by atoms with Crippen LogP contribution in [0.3, 0.4) is 0 Å². The Labute approximate surface area is 249 Å². The molecule has 41 heavy (non-hydrogen) atoms. The third-order valence-corrected chi connectivity index (χ3v) is 6.92. The van der Waals surface area contributed by atoms with Crippen molar-refractivity contribution in [2.45, 2.75) is 45.4 Å². The lowest BCUT2D eigenvalue weighted by Gasteiger charge is -2.23. The molecule has 0 aliphatic heterocycles. The van der Waals surface area contributed by atoms with E-state index in [1.807, 2.05) is 30.3 Å². The Morgan fingerprint density at radius 2 is 1.95 bits per heavy atom. The summed E-state index contributed by atoms with van der Waals surface area (Å²) in [4.78, 5) is 35.2. The van der Waals surface area contributed by atoms with Gasteiger partial charge in [-0.25, -0.2) is 14.8 Å². The zero-order chi connectivity index (χ0) is 28.6. The van der Waals surface area contributed by atoms with Crippen molar-refractivity contribution in [3.63, 3.8) is 0 Å². The fourth-order valence-corrected chi connectivity index (χ4v) is 4.91. The minimum Gasteiger partial charge on any atom is -0.479 e. The van der Waals surface area contributed by atoms with Crippen LogP contribution in [0.1, 0.15) is 31.2 Å². The van der Waals surface area contributed by atoms with Crippen LogP contribution in [0.4, 0.5) is 5.82 Å². The molecule has 4 rings (SSSR count). The predicted octanol–water partition coefficient (Wildman–Crippen LogP) is 4.68. The summed E-state index contributed by atoms with van der Waals surface area (Å²) in [6.45, 7) is 3.61. The number of para-hydroxylation sites is 1. The number of halogens is 2. The molecule has 3 N–H and O–H groups in total. The largest absolute Gasteiger partial charge is 0.479 e. The molecule has 0 saturated heterocycles. The van der Waals surface area contributed by atoms with E-state index in [0.717, 1.165) is 27.8 Å². The van der Waals surface area contributed by atoms with E-state index in [2.05, 4.69) is 9.55 Å². The monoisotopic (exact) mass is 603 g/mol. The number of aromatic nitrogens is 3. The fourth-order valence-electron chi connectivity index (χ4n) is 4.74. The second-order valence-corrected chi connectivity index (χ2v) is 9.70. The SMILES string of the molecule is CCC(Oc1cccc(CN(CCCn2c(CCOC)nc3c(N)nc4ccccc4c32)C(=O)CCl)c1)C(=O)O.Cl. The van der Waals surface area contributed by atoms with Crippen molar-refractivity contribution < 1.29 is 24.2 Å². The molecule has 0 fully saturated rings. The van der Waals surface area contributed by atoms with Gasteiger partial charge in [0.05, 0.1) is 17.6 Å². The molecule has 0 radical (unpaired) electrons. The van der Waals surface area contributed by atoms with E-state index >= 15 is 0 Å². The molecule has 4 aromatic rings. The number of methoxy groups -OCH3 is 1. The Hall–Kier alpha value is -3.60. The molecule has 1 amide bonds. The van der Waals surface area contributed by atoms with Crippen LogP contribution >= 0.6 is 24.0 Å². The number of ether oxygens (including phenoxy) is 2. The van der Waals surface area contributed by atoms with Gasteiger partial charge in [0, 0.05) is 38.6 Å². The molecule has 10 nitrogen and oxygen atoms in total. The van der Waals surface area contributed by atoms with Crippen LogP contribution in [-0.4, -0.2) is 68.7 Å². The van der Waals surface area contributed by atoms with Crippen molar-refractivity contribution in [1.29, 1.82) is 0 Å². The number of aliphatic carboxylic acids is 1. The van der Waals surface area contributed by atoms with Gasteiger partial charge in [-0.15, -0.1) is 24.0 Å². The summed E-state index contributed by atoms with van der Waals surface area (Å²) in [5, 5.41) is 10.3. The van der Waals surface area contributed by atoms with E-state index in [1.165, 1.54) is 0 Å². The lowest BCUT2D eigenvalue weighted by atomic mass is 10.1. The zero-order valence-electron chi connectivity index (χ0n) is 23.1. The van der Waals surface area contributed by atoms with Gasteiger partial charge in [-0.2, -0.15) is 0 Å². The summed E-state index contributed by atoms with van der Waals surface area (Å²) in [6.07, 6.45) is 0.638. The van der Waals surface area contributed by atoms with Crippen LogP contribution in [0.2, 0.25) is 0 Å². The molecule has 0 spiro atoms. The van der Waals surface area contributed by atoms with E-state index in [0.29, 0.717) is 62.6 Å². The number of alkyl halides is 1. The van der Waals surface area contributed by atoms with Crippen molar-refractivity contribution in [1.82, 2.24) is 19.4 Å². The van der Waals surface area contributed by atoms with Crippen LogP contribution in [0, 0.1) is 0 Å². The number of hydrogen-bond donors (Lipinski definition) is 2. The average molecular weight is 605 g/mol. The first-order valence-corrected chi connectivity index (χ1v) is 13.7. The average Bonchev–Trinajstić information content (AvgIpc) is 3.33. The topological polar surface area (TPSA) is 133 Å². The van der Waals surface area contributed by atoms with Crippen molar-refractivity contribution in [3.8, 4) is 5.75 Å². The molecule has 12 heteroatoms. The molecule has 220 valence electrons. The van der Waals surface area contributed by atoms with Crippen LogP contribution in [0.5, 0.6) is 5.75 Å². The maximum Gasteiger partial charge on any atom is 0.344 e. The predicted molar refractivity (Wildman–Crippen MR) is 162 cm³/mol. The van der Waals surface area contributed by atoms with Gasteiger partial charge in [0.15, 0.2) is 11.9 Å².